The van der Waals surface area contributed by atoms with Crippen molar-refractivity contribution in [1.82, 2.24) is 24.1 Å². The van der Waals surface area contributed by atoms with E-state index in [1.165, 1.54) is 22.5 Å². The van der Waals surface area contributed by atoms with Gasteiger partial charge in [-0.15, -0.1) is 5.10 Å². The van der Waals surface area contributed by atoms with Gasteiger partial charge in [0.25, 0.3) is 5.56 Å². The Morgan fingerprint density at radius 3 is 2.53 bits per heavy atom. The van der Waals surface area contributed by atoms with Crippen molar-refractivity contribution < 1.29 is 31.9 Å². The lowest BCUT2D eigenvalue weighted by atomic mass is 9.72. The van der Waals surface area contributed by atoms with Gasteiger partial charge in [0.2, 0.25) is 16.4 Å². The standard InChI is InChI=1S/C28H31BrF4N6O4/c1-14-10-16(28(31,32)33)6-7-17(14)34-19(40)13-38-21-15(2)11-27(20(21)22(41)39-24(38)35-23(29)36-39)8-9-37(12-18(27)30)25(42)43-26(3,4)5/h6-7,10,15,18H,8-9,11-13H2,1-5H3,(H,34,40). The average Bonchev–Trinajstić information content (AvgIpc) is 3.41. The van der Waals surface area contributed by atoms with Crippen LogP contribution in [0.1, 0.15) is 68.8 Å². The van der Waals surface area contributed by atoms with Crippen LogP contribution in [0.15, 0.2) is 27.7 Å². The summed E-state index contributed by atoms with van der Waals surface area (Å²) in [7, 11) is 0. The van der Waals surface area contributed by atoms with E-state index in [0.29, 0.717) is 5.69 Å². The first-order valence-corrected chi connectivity index (χ1v) is 14.5. The van der Waals surface area contributed by atoms with E-state index in [9.17, 15) is 27.6 Å². The first-order valence-electron chi connectivity index (χ1n) is 13.7. The molecule has 1 aromatic carbocycles. The molecule has 0 saturated carbocycles. The van der Waals surface area contributed by atoms with Crippen LogP contribution in [-0.4, -0.2) is 60.9 Å². The summed E-state index contributed by atoms with van der Waals surface area (Å²) < 4.78 is 63.6. The largest absolute Gasteiger partial charge is 0.444 e. The highest BCUT2D eigenvalue weighted by Crippen LogP contribution is 2.51. The van der Waals surface area contributed by atoms with Crippen molar-refractivity contribution in [2.75, 3.05) is 18.4 Å². The highest BCUT2D eigenvalue weighted by molar-refractivity contribution is 9.10. The Hall–Kier alpha value is -3.49. The number of nitrogens with zero attached hydrogens (tertiary/aromatic N) is 5. The van der Waals surface area contributed by atoms with Crippen LogP contribution in [0, 0.1) is 6.92 Å². The molecule has 2 aromatic heterocycles. The summed E-state index contributed by atoms with van der Waals surface area (Å²) >= 11 is 3.18. The molecule has 1 aliphatic heterocycles. The maximum Gasteiger partial charge on any atom is 0.416 e. The second-order valence-corrected chi connectivity index (χ2v) is 12.9. The quantitative estimate of drug-likeness (QED) is 0.377. The fourth-order valence-corrected chi connectivity index (χ4v) is 6.52. The van der Waals surface area contributed by atoms with Gasteiger partial charge in [0.15, 0.2) is 0 Å². The maximum atomic E-state index is 16.3. The van der Waals surface area contributed by atoms with Crippen molar-refractivity contribution in [3.63, 3.8) is 0 Å². The average molecular weight is 671 g/mol. The summed E-state index contributed by atoms with van der Waals surface area (Å²) in [5.74, 6) is -0.894. The van der Waals surface area contributed by atoms with Crippen LogP contribution in [0.4, 0.5) is 28.0 Å². The number of amides is 2. The number of ether oxygens (including phenoxy) is 1. The molecule has 1 aliphatic carbocycles. The molecule has 1 N–H and O–H groups in total. The number of likely N-dealkylation sites (tertiary alicyclic amines) is 1. The van der Waals surface area contributed by atoms with E-state index in [2.05, 4.69) is 31.3 Å². The van der Waals surface area contributed by atoms with Crippen molar-refractivity contribution >= 4 is 39.4 Å². The molecule has 0 radical (unpaired) electrons. The molecule has 1 fully saturated rings. The fraction of sp³-hybridized carbons (Fsp3) is 0.536. The molecule has 5 rings (SSSR count). The lowest BCUT2D eigenvalue weighted by Gasteiger charge is -2.42. The third-order valence-corrected chi connectivity index (χ3v) is 8.32. The first kappa shape index (κ1) is 31.0. The maximum absolute atomic E-state index is 16.3. The molecule has 15 heteroatoms. The Labute approximate surface area is 252 Å². The summed E-state index contributed by atoms with van der Waals surface area (Å²) in [6.07, 6.45) is -6.36. The molecule has 10 nitrogen and oxygen atoms in total. The highest BCUT2D eigenvalue weighted by Gasteiger charge is 2.55. The van der Waals surface area contributed by atoms with E-state index in [1.54, 1.807) is 20.8 Å². The highest BCUT2D eigenvalue weighted by atomic mass is 79.9. The van der Waals surface area contributed by atoms with Crippen LogP contribution in [0.25, 0.3) is 5.78 Å². The monoisotopic (exact) mass is 670 g/mol. The number of carbonyl (C=O) groups excluding carboxylic acids is 2. The molecule has 3 aromatic rings. The van der Waals surface area contributed by atoms with Crippen molar-refractivity contribution in [3.05, 3.63) is 55.7 Å². The Morgan fingerprint density at radius 2 is 1.93 bits per heavy atom. The predicted molar refractivity (Wildman–Crippen MR) is 152 cm³/mol. The SMILES string of the molecule is Cc1cc(C(F)(F)F)ccc1NC(=O)Cn1c2c(c(=O)n3nc(Br)nc13)C1(CCN(C(=O)OC(C)(C)C)CC1F)CC2C. The molecule has 232 valence electrons. The first-order chi connectivity index (χ1) is 19.9. The smallest absolute Gasteiger partial charge is 0.416 e. The number of hydrogen-bond donors (Lipinski definition) is 1. The molecular formula is C28H31BrF4N6O4. The number of carbonyl (C=O) groups is 2. The number of piperidine rings is 1. The van der Waals surface area contributed by atoms with Gasteiger partial charge in [0, 0.05) is 28.9 Å². The van der Waals surface area contributed by atoms with E-state index >= 15 is 4.39 Å². The van der Waals surface area contributed by atoms with Gasteiger partial charge in [-0.1, -0.05) is 6.92 Å². The van der Waals surface area contributed by atoms with Gasteiger partial charge in [-0.05, 0) is 86.1 Å². The van der Waals surface area contributed by atoms with Crippen LogP contribution in [0.3, 0.4) is 0 Å². The lowest BCUT2D eigenvalue weighted by molar-refractivity contribution is -0.137. The third-order valence-electron chi connectivity index (χ3n) is 7.98. The van der Waals surface area contributed by atoms with Gasteiger partial charge >= 0.3 is 12.3 Å². The summed E-state index contributed by atoms with van der Waals surface area (Å²) in [6, 6.07) is 3.00. The predicted octanol–water partition coefficient (Wildman–Crippen LogP) is 5.34. The minimum absolute atomic E-state index is 0.0559. The second kappa shape index (κ2) is 10.6. The number of aryl methyl sites for hydroxylation is 1. The number of hydrogen-bond acceptors (Lipinski definition) is 6. The second-order valence-electron chi connectivity index (χ2n) is 12.2. The topological polar surface area (TPSA) is 111 Å². The fourth-order valence-electron chi connectivity index (χ4n) is 6.20. The Balaban J connectivity index is 1.51. The number of anilines is 1. The Morgan fingerprint density at radius 1 is 1.23 bits per heavy atom. The summed E-state index contributed by atoms with van der Waals surface area (Å²) in [5.41, 5.74) is -2.37. The Bertz CT molecular complexity index is 1680. The molecule has 2 aliphatic rings. The minimum Gasteiger partial charge on any atom is -0.444 e. The van der Waals surface area contributed by atoms with Crippen LogP contribution < -0.4 is 10.9 Å². The molecule has 3 heterocycles. The van der Waals surface area contributed by atoms with Gasteiger partial charge in [-0.2, -0.15) is 22.7 Å². The van der Waals surface area contributed by atoms with Crippen LogP contribution in [0.5, 0.6) is 0 Å². The van der Waals surface area contributed by atoms with Gasteiger partial charge in [-0.25, -0.2) is 9.18 Å². The molecule has 3 atom stereocenters. The van der Waals surface area contributed by atoms with E-state index in [-0.39, 0.29) is 65.7 Å². The van der Waals surface area contributed by atoms with Gasteiger partial charge in [0.05, 0.1) is 12.1 Å². The van der Waals surface area contributed by atoms with Crippen molar-refractivity contribution in [1.29, 1.82) is 0 Å². The van der Waals surface area contributed by atoms with Crippen molar-refractivity contribution in [2.24, 2.45) is 0 Å². The number of halogens is 5. The molecule has 43 heavy (non-hydrogen) atoms. The van der Waals surface area contributed by atoms with Crippen LogP contribution >= 0.6 is 15.9 Å². The van der Waals surface area contributed by atoms with E-state index < -0.39 is 46.5 Å². The molecular weight excluding hydrogens is 640 g/mol. The number of benzene rings is 1. The molecule has 1 saturated heterocycles. The lowest BCUT2D eigenvalue weighted by Crippen LogP contribution is -2.54. The minimum atomic E-state index is -4.53. The van der Waals surface area contributed by atoms with E-state index in [1.807, 2.05) is 6.92 Å². The van der Waals surface area contributed by atoms with Gasteiger partial charge < -0.3 is 19.5 Å². The third kappa shape index (κ3) is 5.63. The van der Waals surface area contributed by atoms with Crippen LogP contribution in [0.2, 0.25) is 0 Å². The number of aromatic nitrogens is 4. The Kier molecular flexibility index (Phi) is 7.63. The molecule has 1 spiro atoms. The molecule has 0 bridgehead atoms. The summed E-state index contributed by atoms with van der Waals surface area (Å²) in [4.78, 5) is 45.4. The van der Waals surface area contributed by atoms with Crippen LogP contribution in [-0.2, 0) is 27.7 Å². The van der Waals surface area contributed by atoms with E-state index in [0.717, 1.165) is 16.6 Å². The van der Waals surface area contributed by atoms with E-state index in [4.69, 9.17) is 4.74 Å². The van der Waals surface area contributed by atoms with Gasteiger partial charge in [0.1, 0.15) is 18.3 Å². The number of rotatable bonds is 3. The molecule has 3 unspecified atom stereocenters. The number of nitrogens with one attached hydrogen (secondary N) is 1. The van der Waals surface area contributed by atoms with Crippen molar-refractivity contribution in [2.45, 2.75) is 83.3 Å². The van der Waals surface area contributed by atoms with Gasteiger partial charge in [-0.3, -0.25) is 9.59 Å². The number of fused-ring (bicyclic) bond motifs is 3. The summed E-state index contributed by atoms with van der Waals surface area (Å²) in [6.45, 7) is 7.97. The number of alkyl halides is 4. The molecule has 2 amide bonds. The van der Waals surface area contributed by atoms with Crippen molar-refractivity contribution in [3.8, 4) is 0 Å². The zero-order valence-corrected chi connectivity index (χ0v) is 25.8. The summed E-state index contributed by atoms with van der Waals surface area (Å²) in [5, 5.41) is 6.78. The normalized spacial score (nSPS) is 22.2. The zero-order valence-electron chi connectivity index (χ0n) is 24.2. The zero-order chi connectivity index (χ0) is 31.6.